The van der Waals surface area contributed by atoms with Crippen molar-refractivity contribution in [3.05, 3.63) is 82.5 Å². The van der Waals surface area contributed by atoms with Gasteiger partial charge in [0.15, 0.2) is 0 Å². The van der Waals surface area contributed by atoms with Crippen molar-refractivity contribution < 1.29 is 65.6 Å². The number of ether oxygens (including phenoxy) is 1. The van der Waals surface area contributed by atoms with Gasteiger partial charge < -0.3 is 35.6 Å². The number of carbonyl (C=O) groups excluding carboxylic acids is 1. The Balaban J connectivity index is 0.000000587. The highest BCUT2D eigenvalue weighted by Gasteiger charge is 2.39. The maximum atomic E-state index is 12.9. The Morgan fingerprint density at radius 1 is 0.925 bits per heavy atom. The maximum Gasteiger partial charge on any atom is 0.490 e. The van der Waals surface area contributed by atoms with Crippen LogP contribution in [0.2, 0.25) is 0 Å². The minimum absolute atomic E-state index is 0.0407. The van der Waals surface area contributed by atoms with Crippen LogP contribution in [0.5, 0.6) is 0 Å². The maximum absolute atomic E-state index is 12.9. The van der Waals surface area contributed by atoms with Gasteiger partial charge in [0.25, 0.3) is 0 Å². The van der Waals surface area contributed by atoms with Crippen LogP contribution in [0.4, 0.5) is 42.8 Å². The van der Waals surface area contributed by atoms with E-state index < -0.39 is 48.1 Å². The van der Waals surface area contributed by atoms with Crippen molar-refractivity contribution >= 4 is 35.6 Å². The summed E-state index contributed by atoms with van der Waals surface area (Å²) < 4.78 is 70.0. The predicted octanol–water partition coefficient (Wildman–Crippen LogP) is 4.31. The highest BCUT2D eigenvalue weighted by Crippen LogP contribution is 2.24. The van der Waals surface area contributed by atoms with E-state index in [1.54, 1.807) is 12.4 Å². The molecule has 21 heteroatoms. The average Bonchev–Trinajstić information content (AvgIpc) is 3.08. The molecule has 1 aliphatic rings. The van der Waals surface area contributed by atoms with Crippen molar-refractivity contribution in [2.24, 2.45) is 5.92 Å². The molecule has 1 aliphatic heterocycles. The van der Waals surface area contributed by atoms with Crippen LogP contribution in [0, 0.1) is 12.8 Å². The van der Waals surface area contributed by atoms with E-state index in [4.69, 9.17) is 24.5 Å². The molecule has 0 spiro atoms. The van der Waals surface area contributed by atoms with Gasteiger partial charge in [-0.1, -0.05) is 36.4 Å². The molecule has 1 unspecified atom stereocenters. The zero-order chi connectivity index (χ0) is 39.8. The zero-order valence-corrected chi connectivity index (χ0v) is 27.9. The number of alkyl carbamates (subject to hydrolysis) is 1. The zero-order valence-electron chi connectivity index (χ0n) is 27.9. The van der Waals surface area contributed by atoms with Gasteiger partial charge >= 0.3 is 42.0 Å². The number of carboxylic acids is 3. The lowest BCUT2D eigenvalue weighted by atomic mass is 9.96. The molecule has 1 fully saturated rings. The molecule has 1 saturated heterocycles. The molecule has 5 N–H and O–H groups in total. The Hall–Kier alpha value is -5.89. The number of carboxylic acid groups (broad SMARTS) is 3. The molecule has 290 valence electrons. The van der Waals surface area contributed by atoms with Crippen LogP contribution in [0.1, 0.15) is 30.4 Å². The summed E-state index contributed by atoms with van der Waals surface area (Å²) in [5.41, 5.74) is 1.12. The Labute approximate surface area is 297 Å². The topological polar surface area (TPSA) is 213 Å². The summed E-state index contributed by atoms with van der Waals surface area (Å²) in [5, 5.41) is 29.5. The molecule has 0 saturated carbocycles. The third kappa shape index (κ3) is 16.3. The number of pyridine rings is 1. The molecule has 0 radical (unpaired) electrons. The van der Waals surface area contributed by atoms with Gasteiger partial charge in [-0.25, -0.2) is 24.2 Å². The van der Waals surface area contributed by atoms with Gasteiger partial charge in [0.1, 0.15) is 18.2 Å². The summed E-state index contributed by atoms with van der Waals surface area (Å²) in [7, 11) is 0. The Morgan fingerprint density at radius 2 is 1.49 bits per heavy atom. The molecule has 2 aromatic heterocycles. The third-order valence-electron chi connectivity index (χ3n) is 7.16. The number of aromatic nitrogens is 3. The van der Waals surface area contributed by atoms with E-state index in [0.29, 0.717) is 11.7 Å². The number of benzene rings is 1. The molecule has 53 heavy (non-hydrogen) atoms. The number of nitrogens with zero attached hydrogens (tertiary/aromatic N) is 4. The second kappa shape index (κ2) is 20.2. The fraction of sp³-hybridized carbons (Fsp3) is 0.406. The van der Waals surface area contributed by atoms with E-state index in [1.165, 1.54) is 4.57 Å². The summed E-state index contributed by atoms with van der Waals surface area (Å²) in [6.07, 6.45) is -5.93. The summed E-state index contributed by atoms with van der Waals surface area (Å²) in [4.78, 5) is 65.2. The highest BCUT2D eigenvalue weighted by molar-refractivity contribution is 5.73. The molecular formula is C32H36F6N6O9. The van der Waals surface area contributed by atoms with Crippen LogP contribution in [0.15, 0.2) is 65.7 Å². The smallest absolute Gasteiger partial charge is 0.481 e. The Kier molecular flexibility index (Phi) is 16.5. The summed E-state index contributed by atoms with van der Waals surface area (Å²) in [5.74, 6) is -4.62. The van der Waals surface area contributed by atoms with Gasteiger partial charge in [0.2, 0.25) is 0 Å². The van der Waals surface area contributed by atoms with Gasteiger partial charge in [0, 0.05) is 44.1 Å². The normalized spacial score (nSPS) is 13.6. The fourth-order valence-electron chi connectivity index (χ4n) is 4.65. The monoisotopic (exact) mass is 762 g/mol. The number of hydrogen-bond donors (Lipinski definition) is 5. The van der Waals surface area contributed by atoms with Crippen molar-refractivity contribution in [3.63, 3.8) is 0 Å². The van der Waals surface area contributed by atoms with Crippen molar-refractivity contribution in [2.45, 2.75) is 57.7 Å². The predicted molar refractivity (Wildman–Crippen MR) is 174 cm³/mol. The lowest BCUT2D eigenvalue weighted by Gasteiger charge is -2.33. The molecule has 3 heterocycles. The number of anilines is 2. The van der Waals surface area contributed by atoms with E-state index in [2.05, 4.69) is 25.5 Å². The molecule has 1 atom stereocenters. The van der Waals surface area contributed by atoms with E-state index in [9.17, 15) is 45.8 Å². The molecule has 1 aromatic carbocycles. The lowest BCUT2D eigenvalue weighted by molar-refractivity contribution is -0.193. The molecule has 0 aliphatic carbocycles. The van der Waals surface area contributed by atoms with Gasteiger partial charge in [-0.2, -0.15) is 31.3 Å². The first-order chi connectivity index (χ1) is 24.8. The number of hydrogen-bond acceptors (Lipinski definition) is 10. The Bertz CT molecular complexity index is 1680. The first-order valence-corrected chi connectivity index (χ1v) is 15.5. The Morgan fingerprint density at radius 3 is 2.00 bits per heavy atom. The molecule has 0 bridgehead atoms. The van der Waals surface area contributed by atoms with Crippen LogP contribution in [0.3, 0.4) is 0 Å². The lowest BCUT2D eigenvalue weighted by Crippen LogP contribution is -2.43. The molecule has 15 nitrogen and oxygen atoms in total. The number of rotatable bonds is 11. The van der Waals surface area contributed by atoms with Crippen LogP contribution < -0.4 is 21.2 Å². The van der Waals surface area contributed by atoms with Gasteiger partial charge in [-0.15, -0.1) is 0 Å². The number of nitrogens with one attached hydrogen (secondary N) is 2. The van der Waals surface area contributed by atoms with Crippen LogP contribution in [0.25, 0.3) is 0 Å². The van der Waals surface area contributed by atoms with E-state index in [0.717, 1.165) is 49.4 Å². The molecule has 1 amide bonds. The number of halogens is 6. The van der Waals surface area contributed by atoms with Gasteiger partial charge in [-0.05, 0) is 43.4 Å². The first-order valence-electron chi connectivity index (χ1n) is 15.5. The van der Waals surface area contributed by atoms with Crippen molar-refractivity contribution in [3.8, 4) is 0 Å². The SMILES string of the molecule is Cc1cn(CC(CC(=O)O)NC(=O)OCc2ccccc2)c(=O)nc1N1CCC(CNc2ccccn2)CC1.O=C(O)C(F)(F)F.O=C(O)C(F)(F)F. The number of carbonyl (C=O) groups is 4. The van der Waals surface area contributed by atoms with Gasteiger partial charge in [0.05, 0.1) is 12.5 Å². The average molecular weight is 763 g/mol. The fourth-order valence-corrected chi connectivity index (χ4v) is 4.65. The largest absolute Gasteiger partial charge is 0.490 e. The van der Waals surface area contributed by atoms with Crippen molar-refractivity contribution in [2.75, 3.05) is 29.9 Å². The number of piperidine rings is 1. The van der Waals surface area contributed by atoms with Crippen molar-refractivity contribution in [1.29, 1.82) is 0 Å². The summed E-state index contributed by atoms with van der Waals surface area (Å²) >= 11 is 0. The van der Waals surface area contributed by atoms with Crippen molar-refractivity contribution in [1.82, 2.24) is 19.9 Å². The minimum Gasteiger partial charge on any atom is -0.481 e. The van der Waals surface area contributed by atoms with Crippen LogP contribution in [-0.2, 0) is 32.3 Å². The molecule has 4 rings (SSSR count). The quantitative estimate of drug-likeness (QED) is 0.173. The van der Waals surface area contributed by atoms with Crippen LogP contribution in [-0.4, -0.2) is 91.9 Å². The van der Waals surface area contributed by atoms with Gasteiger partial charge in [-0.3, -0.25) is 9.36 Å². The van der Waals surface area contributed by atoms with Crippen LogP contribution >= 0.6 is 0 Å². The van der Waals surface area contributed by atoms with E-state index in [-0.39, 0.29) is 19.6 Å². The third-order valence-corrected chi connectivity index (χ3v) is 7.16. The number of alkyl halides is 6. The standard InChI is InChI=1S/C28H34N6O5.2C2HF3O2/c1-20-17-34(18-23(15-25(35)36)31-28(38)39-19-22-7-3-2-4-8-22)27(37)32-26(20)33-13-10-21(11-14-33)16-30-24-9-5-6-12-29-24;2*3-2(4,5)1(6)7/h2-9,12,17,21,23H,10-11,13-16,18-19H2,1H3,(H,29,30)(H,31,38)(H,35,36);2*(H,6,7). The number of amides is 1. The van der Waals surface area contributed by atoms with E-state index in [1.807, 2.05) is 55.5 Å². The second-order valence-electron chi connectivity index (χ2n) is 11.3. The first kappa shape index (κ1) is 43.3. The minimum atomic E-state index is -5.08. The summed E-state index contributed by atoms with van der Waals surface area (Å²) in [6, 6.07) is 14.1. The number of aryl methyl sites for hydroxylation is 1. The second-order valence-corrected chi connectivity index (χ2v) is 11.3. The molecular weight excluding hydrogens is 726 g/mol. The molecule has 3 aromatic rings. The number of aliphatic carboxylic acids is 3. The van der Waals surface area contributed by atoms with E-state index >= 15 is 0 Å². The highest BCUT2D eigenvalue weighted by atomic mass is 19.4. The summed E-state index contributed by atoms with van der Waals surface area (Å²) in [6.45, 7) is 4.29.